The summed E-state index contributed by atoms with van der Waals surface area (Å²) >= 11 is 0. The van der Waals surface area contributed by atoms with E-state index in [4.69, 9.17) is 0 Å². The van der Waals surface area contributed by atoms with Gasteiger partial charge < -0.3 is 0 Å². The Morgan fingerprint density at radius 3 is 1.34 bits per heavy atom. The van der Waals surface area contributed by atoms with Crippen molar-refractivity contribution >= 4 is 50.3 Å². The van der Waals surface area contributed by atoms with Gasteiger partial charge in [-0.15, -0.1) is 0 Å². The van der Waals surface area contributed by atoms with Gasteiger partial charge in [0.15, 0.2) is 0 Å². The molecule has 182 valence electrons. The predicted octanol–water partition coefficient (Wildman–Crippen LogP) is 7.14. The number of para-hydroxylation sites is 2. The first kappa shape index (κ1) is 22.7. The van der Waals surface area contributed by atoms with Crippen LogP contribution in [0.4, 0.5) is 0 Å². The van der Waals surface area contributed by atoms with Gasteiger partial charge in [0.2, 0.25) is 0 Å². The summed E-state index contributed by atoms with van der Waals surface area (Å²) in [5.41, 5.74) is 3.65. The number of aromatic nitrogens is 1. The summed E-state index contributed by atoms with van der Waals surface area (Å²) in [5.74, 6) is 0. The molecule has 0 radical (unpaired) electrons. The van der Waals surface area contributed by atoms with E-state index in [1.165, 1.54) is 48.7 Å². The zero-order valence-corrected chi connectivity index (χ0v) is 22.0. The predicted molar refractivity (Wildman–Crippen MR) is 167 cm³/mol. The fourth-order valence-corrected chi connectivity index (χ4v) is 10.9. The second-order valence-electron chi connectivity index (χ2n) is 9.77. The number of benzene rings is 6. The Hall–Kier alpha value is -4.45. The van der Waals surface area contributed by atoms with Crippen molar-refractivity contribution < 1.29 is 0 Å². The molecular weight excluding hydrogens is 477 g/mol. The molecule has 7 rings (SSSR count). The summed E-state index contributed by atoms with van der Waals surface area (Å²) in [4.78, 5) is 0. The molecule has 1 heterocycles. The molecule has 0 saturated carbocycles. The van der Waals surface area contributed by atoms with Gasteiger partial charge in [-0.05, 0) is 0 Å². The molecule has 0 aliphatic carbocycles. The molecule has 1 nitrogen and oxygen atoms in total. The molecule has 0 aliphatic rings. The average molecular weight is 506 g/mol. The summed E-state index contributed by atoms with van der Waals surface area (Å²) in [6, 6.07) is 60.1. The Morgan fingerprint density at radius 2 is 0.789 bits per heavy atom. The van der Waals surface area contributed by atoms with Gasteiger partial charge in [0, 0.05) is 0 Å². The van der Waals surface area contributed by atoms with Crippen LogP contribution in [0.25, 0.3) is 27.5 Å². The van der Waals surface area contributed by atoms with Gasteiger partial charge in [-0.25, -0.2) is 0 Å². The molecule has 0 N–H and O–H groups in total. The van der Waals surface area contributed by atoms with Crippen LogP contribution in [0.1, 0.15) is 0 Å². The number of nitrogens with zero attached hydrogens (tertiary/aromatic N) is 1. The number of rotatable bonds is 5. The van der Waals surface area contributed by atoms with E-state index in [1.54, 1.807) is 0 Å². The van der Waals surface area contributed by atoms with Crippen molar-refractivity contribution in [2.45, 2.75) is 0 Å². The van der Waals surface area contributed by atoms with E-state index in [-0.39, 0.29) is 0 Å². The third-order valence-electron chi connectivity index (χ3n) is 7.74. The molecule has 0 amide bonds. The minimum atomic E-state index is -2.58. The van der Waals surface area contributed by atoms with E-state index in [9.17, 15) is 0 Å². The van der Waals surface area contributed by atoms with Crippen molar-refractivity contribution in [2.75, 3.05) is 0 Å². The van der Waals surface area contributed by atoms with E-state index in [0.717, 1.165) is 0 Å². The van der Waals surface area contributed by atoms with Crippen molar-refractivity contribution in [3.63, 3.8) is 0 Å². The van der Waals surface area contributed by atoms with E-state index in [1.807, 2.05) is 0 Å². The fourth-order valence-electron chi connectivity index (χ4n) is 6.13. The second-order valence-corrected chi connectivity index (χ2v) is 13.6. The summed E-state index contributed by atoms with van der Waals surface area (Å²) < 4.78 is 2.39. The van der Waals surface area contributed by atoms with Crippen molar-refractivity contribution in [2.24, 2.45) is 0 Å². The molecule has 0 aliphatic heterocycles. The zero-order chi connectivity index (χ0) is 25.4. The normalized spacial score (nSPS) is 12.1. The van der Waals surface area contributed by atoms with Crippen molar-refractivity contribution in [1.29, 1.82) is 0 Å². The Kier molecular flexibility index (Phi) is 5.65. The number of fused-ring (bicyclic) bond motifs is 3. The molecule has 6 aromatic carbocycles. The van der Waals surface area contributed by atoms with Gasteiger partial charge >= 0.3 is 224 Å². The number of hydrogen-bond donors (Lipinski definition) is 0. The fraction of sp³-hybridized carbons (Fsp3) is 0. The first-order valence-corrected chi connectivity index (χ1v) is 15.1. The summed E-state index contributed by atoms with van der Waals surface area (Å²) in [7, 11) is -2.58. The van der Waals surface area contributed by atoms with Crippen LogP contribution in [-0.4, -0.2) is 4.57 Å². The molecule has 2 heteroatoms. The van der Waals surface area contributed by atoms with Crippen LogP contribution < -0.4 is 21.2 Å². The van der Waals surface area contributed by atoms with Crippen LogP contribution in [0.2, 0.25) is 0 Å². The summed E-state index contributed by atoms with van der Waals surface area (Å²) in [6.07, 6.45) is 0. The van der Waals surface area contributed by atoms with Gasteiger partial charge in [0.1, 0.15) is 0 Å². The molecule has 0 bridgehead atoms. The SMILES string of the molecule is c1ccc(-n2c3ccccc3c3cc([PH](c4ccccc4)(c4ccccc4)c4ccccc4)ccc32)cc1. The van der Waals surface area contributed by atoms with Gasteiger partial charge in [-0.3, -0.25) is 0 Å². The van der Waals surface area contributed by atoms with Crippen LogP contribution in [0, 0.1) is 0 Å². The standard InChI is InChI=1S/C36H28NP/c1-5-15-28(16-6-1)37-35-24-14-13-23-33(35)34-27-32(25-26-36(34)37)38(29-17-7-2-8-18-29,30-19-9-3-10-20-30)31-21-11-4-12-22-31/h1-27,38H. The molecule has 38 heavy (non-hydrogen) atoms. The summed E-state index contributed by atoms with van der Waals surface area (Å²) in [6.45, 7) is 0. The zero-order valence-electron chi connectivity index (χ0n) is 21.0. The van der Waals surface area contributed by atoms with Crippen molar-refractivity contribution in [3.8, 4) is 5.69 Å². The van der Waals surface area contributed by atoms with Crippen molar-refractivity contribution in [3.05, 3.63) is 164 Å². The van der Waals surface area contributed by atoms with Gasteiger partial charge in [-0.2, -0.15) is 0 Å². The molecule has 0 unspecified atom stereocenters. The molecule has 0 spiro atoms. The average Bonchev–Trinajstić information content (AvgIpc) is 3.34. The Morgan fingerprint density at radius 1 is 0.342 bits per heavy atom. The topological polar surface area (TPSA) is 4.93 Å². The van der Waals surface area contributed by atoms with E-state index < -0.39 is 7.26 Å². The Labute approximate surface area is 224 Å². The van der Waals surface area contributed by atoms with Crippen LogP contribution in [0.15, 0.2) is 164 Å². The van der Waals surface area contributed by atoms with Crippen LogP contribution in [0.5, 0.6) is 0 Å². The van der Waals surface area contributed by atoms with Gasteiger partial charge in [0.25, 0.3) is 0 Å². The Bertz CT molecular complexity index is 1740. The van der Waals surface area contributed by atoms with E-state index in [0.29, 0.717) is 0 Å². The maximum atomic E-state index is 2.48. The number of hydrogen-bond acceptors (Lipinski definition) is 0. The third kappa shape index (κ3) is 3.51. The van der Waals surface area contributed by atoms with Crippen LogP contribution >= 0.6 is 7.26 Å². The molecule has 0 atom stereocenters. The van der Waals surface area contributed by atoms with Gasteiger partial charge in [-0.1, -0.05) is 0 Å². The molecule has 0 saturated heterocycles. The summed E-state index contributed by atoms with van der Waals surface area (Å²) in [5, 5.41) is 8.15. The quantitative estimate of drug-likeness (QED) is 0.219. The molecule has 1 aromatic heterocycles. The Balaban J connectivity index is 1.61. The first-order valence-electron chi connectivity index (χ1n) is 13.1. The monoisotopic (exact) mass is 505 g/mol. The van der Waals surface area contributed by atoms with Gasteiger partial charge in [0.05, 0.1) is 0 Å². The van der Waals surface area contributed by atoms with Crippen molar-refractivity contribution in [1.82, 2.24) is 4.57 Å². The maximum absolute atomic E-state index is 2.58. The molecule has 7 aromatic rings. The molecule has 0 fully saturated rings. The van der Waals surface area contributed by atoms with E-state index >= 15 is 0 Å². The molecular formula is C36H28NP. The van der Waals surface area contributed by atoms with Crippen LogP contribution in [0.3, 0.4) is 0 Å². The van der Waals surface area contributed by atoms with E-state index in [2.05, 4.69) is 168 Å². The second kappa shape index (κ2) is 9.45. The third-order valence-corrected chi connectivity index (χ3v) is 12.5. The minimum absolute atomic E-state index is 1.18. The van der Waals surface area contributed by atoms with Crippen LogP contribution in [-0.2, 0) is 0 Å². The first-order chi connectivity index (χ1) is 18.9.